The molecule has 5 heteroatoms. The molecule has 0 unspecified atom stereocenters. The summed E-state index contributed by atoms with van der Waals surface area (Å²) in [6, 6.07) is 10.1. The van der Waals surface area contributed by atoms with Gasteiger partial charge in [-0.15, -0.1) is 10.2 Å². The fraction of sp³-hybridized carbons (Fsp3) is 0.583. The summed E-state index contributed by atoms with van der Waals surface area (Å²) in [6.07, 6.45) is 9.52. The van der Waals surface area contributed by atoms with Crippen LogP contribution in [0, 0.1) is 18.2 Å². The molecular weight excluding hydrogens is 363 g/mol. The van der Waals surface area contributed by atoms with Crippen LogP contribution < -0.4 is 4.90 Å². The van der Waals surface area contributed by atoms with E-state index in [2.05, 4.69) is 20.0 Å². The third kappa shape index (κ3) is 3.77. The third-order valence-electron chi connectivity index (χ3n) is 7.72. The normalized spacial score (nSPS) is 22.6. The minimum absolute atomic E-state index is 0.196. The lowest BCUT2D eigenvalue weighted by Crippen LogP contribution is -2.51. The second kappa shape index (κ2) is 7.67. The molecule has 1 aromatic heterocycles. The Hall–Kier alpha value is -2.01. The Bertz CT molecular complexity index is 844. The molecule has 0 atom stereocenters. The molecule has 3 heterocycles. The van der Waals surface area contributed by atoms with Crippen LogP contribution in [0.5, 0.6) is 0 Å². The second-order valence-electron chi connectivity index (χ2n) is 9.35. The summed E-state index contributed by atoms with van der Waals surface area (Å²) >= 11 is 0. The number of hydrogen-bond acceptors (Lipinski definition) is 4. The summed E-state index contributed by atoms with van der Waals surface area (Å²) in [5.41, 5.74) is 2.70. The molecule has 0 N–H and O–H groups in total. The SMILES string of the molecule is Cc1ccc(-c2ccc(N3CCC4(CC3)CCN(C3CCC3)CC4)nn2)cc1F. The predicted octanol–water partition coefficient (Wildman–Crippen LogP) is 4.83. The largest absolute Gasteiger partial charge is 0.355 e. The molecule has 5 rings (SSSR count). The highest BCUT2D eigenvalue weighted by molar-refractivity contribution is 5.60. The molecule has 1 saturated carbocycles. The van der Waals surface area contributed by atoms with Crippen molar-refractivity contribution in [3.8, 4) is 11.3 Å². The van der Waals surface area contributed by atoms with Gasteiger partial charge in [0.25, 0.3) is 0 Å². The van der Waals surface area contributed by atoms with Gasteiger partial charge in [-0.1, -0.05) is 18.6 Å². The van der Waals surface area contributed by atoms with Crippen molar-refractivity contribution in [2.45, 2.75) is 57.9 Å². The fourth-order valence-corrected chi connectivity index (χ4v) is 5.23. The van der Waals surface area contributed by atoms with Crippen LogP contribution in [0.2, 0.25) is 0 Å². The van der Waals surface area contributed by atoms with Gasteiger partial charge in [-0.05, 0) is 87.7 Å². The molecule has 0 radical (unpaired) electrons. The van der Waals surface area contributed by atoms with Gasteiger partial charge in [0, 0.05) is 24.7 Å². The molecule has 2 aromatic rings. The van der Waals surface area contributed by atoms with E-state index in [-0.39, 0.29) is 5.82 Å². The quantitative estimate of drug-likeness (QED) is 0.747. The number of aryl methyl sites for hydroxylation is 1. The molecule has 0 amide bonds. The Morgan fingerprint density at radius 1 is 0.931 bits per heavy atom. The van der Waals surface area contributed by atoms with Gasteiger partial charge >= 0.3 is 0 Å². The van der Waals surface area contributed by atoms with Crippen LogP contribution in [0.4, 0.5) is 10.2 Å². The Morgan fingerprint density at radius 2 is 1.66 bits per heavy atom. The van der Waals surface area contributed by atoms with Crippen molar-refractivity contribution < 1.29 is 4.39 Å². The Kier molecular flexibility index (Phi) is 5.02. The summed E-state index contributed by atoms with van der Waals surface area (Å²) in [6.45, 7) is 6.50. The summed E-state index contributed by atoms with van der Waals surface area (Å²) in [5.74, 6) is 0.751. The first-order valence-corrected chi connectivity index (χ1v) is 11.2. The van der Waals surface area contributed by atoms with E-state index >= 15 is 0 Å². The standard InChI is InChI=1S/C24H31FN4/c1-18-5-6-19(17-21(18)25)22-7-8-23(27-26-22)29-15-11-24(12-16-29)9-13-28(14-10-24)20-3-2-4-20/h5-8,17,20H,2-4,9-16H2,1H3. The van der Waals surface area contributed by atoms with Gasteiger partial charge in [-0.2, -0.15) is 0 Å². The zero-order valence-electron chi connectivity index (χ0n) is 17.4. The Morgan fingerprint density at radius 3 is 2.24 bits per heavy atom. The number of hydrogen-bond donors (Lipinski definition) is 0. The minimum atomic E-state index is -0.196. The number of anilines is 1. The zero-order chi connectivity index (χ0) is 19.8. The monoisotopic (exact) mass is 394 g/mol. The average Bonchev–Trinajstić information content (AvgIpc) is 2.71. The van der Waals surface area contributed by atoms with Crippen LogP contribution in [0.3, 0.4) is 0 Å². The predicted molar refractivity (Wildman–Crippen MR) is 114 cm³/mol. The van der Waals surface area contributed by atoms with E-state index < -0.39 is 0 Å². The molecule has 2 saturated heterocycles. The summed E-state index contributed by atoms with van der Waals surface area (Å²) in [4.78, 5) is 5.12. The molecule has 2 aliphatic heterocycles. The average molecular weight is 395 g/mol. The number of halogens is 1. The number of likely N-dealkylation sites (tertiary alicyclic amines) is 1. The van der Waals surface area contributed by atoms with Gasteiger partial charge in [-0.3, -0.25) is 0 Å². The van der Waals surface area contributed by atoms with Crippen molar-refractivity contribution in [2.24, 2.45) is 5.41 Å². The van der Waals surface area contributed by atoms with E-state index in [4.69, 9.17) is 0 Å². The smallest absolute Gasteiger partial charge is 0.151 e. The van der Waals surface area contributed by atoms with Crippen molar-refractivity contribution >= 4 is 5.82 Å². The molecule has 0 bridgehead atoms. The molecule has 1 aromatic carbocycles. The zero-order valence-corrected chi connectivity index (χ0v) is 17.4. The molecular formula is C24H31FN4. The fourth-order valence-electron chi connectivity index (χ4n) is 5.23. The molecule has 3 aliphatic rings. The number of benzene rings is 1. The topological polar surface area (TPSA) is 32.3 Å². The first-order valence-electron chi connectivity index (χ1n) is 11.2. The third-order valence-corrected chi connectivity index (χ3v) is 7.72. The molecule has 1 aliphatic carbocycles. The lowest BCUT2D eigenvalue weighted by atomic mass is 9.70. The highest BCUT2D eigenvalue weighted by Crippen LogP contribution is 2.43. The van der Waals surface area contributed by atoms with Crippen LogP contribution in [-0.2, 0) is 0 Å². The first-order chi connectivity index (χ1) is 14.1. The number of rotatable bonds is 3. The lowest BCUT2D eigenvalue weighted by molar-refractivity contribution is 0.0305. The number of piperidine rings is 2. The maximum atomic E-state index is 13.8. The maximum absolute atomic E-state index is 13.8. The second-order valence-corrected chi connectivity index (χ2v) is 9.35. The molecule has 3 fully saturated rings. The van der Waals surface area contributed by atoms with Crippen LogP contribution >= 0.6 is 0 Å². The van der Waals surface area contributed by atoms with E-state index in [0.29, 0.717) is 11.0 Å². The summed E-state index contributed by atoms with van der Waals surface area (Å²) in [7, 11) is 0. The van der Waals surface area contributed by atoms with Gasteiger partial charge in [0.05, 0.1) is 5.69 Å². The first kappa shape index (κ1) is 19.0. The summed E-state index contributed by atoms with van der Waals surface area (Å²) in [5, 5.41) is 8.84. The molecule has 4 nitrogen and oxygen atoms in total. The van der Waals surface area contributed by atoms with Crippen LogP contribution in [0.15, 0.2) is 30.3 Å². The summed E-state index contributed by atoms with van der Waals surface area (Å²) < 4.78 is 13.8. The van der Waals surface area contributed by atoms with E-state index in [1.807, 2.05) is 18.2 Å². The minimum Gasteiger partial charge on any atom is -0.355 e. The van der Waals surface area contributed by atoms with Gasteiger partial charge in [-0.25, -0.2) is 4.39 Å². The van der Waals surface area contributed by atoms with Gasteiger partial charge in [0.1, 0.15) is 5.82 Å². The van der Waals surface area contributed by atoms with Crippen molar-refractivity contribution in [3.63, 3.8) is 0 Å². The van der Waals surface area contributed by atoms with E-state index in [0.717, 1.165) is 36.2 Å². The molecule has 154 valence electrons. The van der Waals surface area contributed by atoms with Crippen LogP contribution in [0.1, 0.15) is 50.5 Å². The molecule has 1 spiro atoms. The van der Waals surface area contributed by atoms with Gasteiger partial charge < -0.3 is 9.80 Å². The lowest BCUT2D eigenvalue weighted by Gasteiger charge is -2.50. The van der Waals surface area contributed by atoms with Gasteiger partial charge in [0.15, 0.2) is 5.82 Å². The van der Waals surface area contributed by atoms with E-state index in [1.54, 1.807) is 19.1 Å². The van der Waals surface area contributed by atoms with Crippen LogP contribution in [-0.4, -0.2) is 47.3 Å². The van der Waals surface area contributed by atoms with Crippen molar-refractivity contribution in [3.05, 3.63) is 41.7 Å². The number of nitrogens with zero attached hydrogens (tertiary/aromatic N) is 4. The van der Waals surface area contributed by atoms with E-state index in [1.165, 1.54) is 58.0 Å². The Balaban J connectivity index is 1.19. The Labute approximate surface area is 173 Å². The van der Waals surface area contributed by atoms with Crippen LogP contribution in [0.25, 0.3) is 11.3 Å². The van der Waals surface area contributed by atoms with Crippen molar-refractivity contribution in [1.82, 2.24) is 15.1 Å². The van der Waals surface area contributed by atoms with E-state index in [9.17, 15) is 4.39 Å². The number of aromatic nitrogens is 2. The van der Waals surface area contributed by atoms with Gasteiger partial charge in [0.2, 0.25) is 0 Å². The van der Waals surface area contributed by atoms with Crippen molar-refractivity contribution in [1.29, 1.82) is 0 Å². The highest BCUT2D eigenvalue weighted by atomic mass is 19.1. The molecule has 29 heavy (non-hydrogen) atoms. The highest BCUT2D eigenvalue weighted by Gasteiger charge is 2.39. The van der Waals surface area contributed by atoms with Crippen molar-refractivity contribution in [2.75, 3.05) is 31.1 Å². The maximum Gasteiger partial charge on any atom is 0.151 e.